The fraction of sp³-hybridized carbons (Fsp3) is 0.545. The SMILES string of the molecule is CCN(CC)c1ncc(F)cc1CNC. The lowest BCUT2D eigenvalue weighted by Crippen LogP contribution is -2.25. The van der Waals surface area contributed by atoms with Gasteiger partial charge in [0, 0.05) is 25.2 Å². The Labute approximate surface area is 90.3 Å². The third-order valence-corrected chi connectivity index (χ3v) is 2.34. The molecule has 0 spiro atoms. The van der Waals surface area contributed by atoms with Crippen molar-refractivity contribution in [1.29, 1.82) is 0 Å². The number of rotatable bonds is 5. The summed E-state index contributed by atoms with van der Waals surface area (Å²) in [5.41, 5.74) is 0.904. The quantitative estimate of drug-likeness (QED) is 0.804. The van der Waals surface area contributed by atoms with Crippen molar-refractivity contribution in [2.24, 2.45) is 0 Å². The number of hydrogen-bond acceptors (Lipinski definition) is 3. The van der Waals surface area contributed by atoms with Crippen molar-refractivity contribution in [2.45, 2.75) is 20.4 Å². The van der Waals surface area contributed by atoms with Crippen LogP contribution in [0.4, 0.5) is 10.2 Å². The fourth-order valence-electron chi connectivity index (χ4n) is 1.60. The van der Waals surface area contributed by atoms with E-state index in [1.165, 1.54) is 12.3 Å². The number of hydrogen-bond donors (Lipinski definition) is 1. The van der Waals surface area contributed by atoms with E-state index in [-0.39, 0.29) is 5.82 Å². The topological polar surface area (TPSA) is 28.2 Å². The molecule has 1 aromatic rings. The van der Waals surface area contributed by atoms with Gasteiger partial charge in [-0.1, -0.05) is 0 Å². The summed E-state index contributed by atoms with van der Waals surface area (Å²) in [6, 6.07) is 1.54. The Bertz CT molecular complexity index is 311. The summed E-state index contributed by atoms with van der Waals surface area (Å²) >= 11 is 0. The lowest BCUT2D eigenvalue weighted by Gasteiger charge is -2.22. The van der Waals surface area contributed by atoms with Gasteiger partial charge in [0.2, 0.25) is 0 Å². The molecule has 1 rings (SSSR count). The molecule has 4 heteroatoms. The summed E-state index contributed by atoms with van der Waals surface area (Å²) in [5, 5.41) is 3.02. The van der Waals surface area contributed by atoms with Crippen LogP contribution in [0.25, 0.3) is 0 Å². The van der Waals surface area contributed by atoms with Crippen LogP contribution in [0.1, 0.15) is 19.4 Å². The fourth-order valence-corrected chi connectivity index (χ4v) is 1.60. The maximum absolute atomic E-state index is 13.0. The van der Waals surface area contributed by atoms with Crippen molar-refractivity contribution in [1.82, 2.24) is 10.3 Å². The van der Waals surface area contributed by atoms with Crippen molar-refractivity contribution >= 4 is 5.82 Å². The highest BCUT2D eigenvalue weighted by molar-refractivity contribution is 5.46. The Kier molecular flexibility index (Phi) is 4.49. The van der Waals surface area contributed by atoms with Crippen molar-refractivity contribution in [3.8, 4) is 0 Å². The number of anilines is 1. The molecule has 0 aliphatic rings. The Morgan fingerprint density at radius 3 is 2.60 bits per heavy atom. The first-order valence-corrected chi connectivity index (χ1v) is 5.26. The molecular formula is C11H18FN3. The molecule has 0 saturated heterocycles. The molecule has 0 aliphatic carbocycles. The Morgan fingerprint density at radius 1 is 1.40 bits per heavy atom. The van der Waals surface area contributed by atoms with E-state index in [1.807, 2.05) is 7.05 Å². The zero-order valence-electron chi connectivity index (χ0n) is 9.55. The number of aromatic nitrogens is 1. The highest BCUT2D eigenvalue weighted by Gasteiger charge is 2.10. The second-order valence-corrected chi connectivity index (χ2v) is 3.34. The maximum atomic E-state index is 13.0. The zero-order chi connectivity index (χ0) is 11.3. The molecule has 0 unspecified atom stereocenters. The predicted molar refractivity (Wildman–Crippen MR) is 60.5 cm³/mol. The number of nitrogens with zero attached hydrogens (tertiary/aromatic N) is 2. The van der Waals surface area contributed by atoms with Crippen LogP contribution in [0, 0.1) is 5.82 Å². The molecule has 1 aromatic heterocycles. The molecule has 0 saturated carbocycles. The predicted octanol–water partition coefficient (Wildman–Crippen LogP) is 1.79. The second-order valence-electron chi connectivity index (χ2n) is 3.34. The minimum Gasteiger partial charge on any atom is -0.357 e. The minimum absolute atomic E-state index is 0.281. The lowest BCUT2D eigenvalue weighted by atomic mass is 10.2. The van der Waals surface area contributed by atoms with Gasteiger partial charge in [-0.15, -0.1) is 0 Å². The van der Waals surface area contributed by atoms with Crippen LogP contribution < -0.4 is 10.2 Å². The van der Waals surface area contributed by atoms with Gasteiger partial charge in [0.05, 0.1) is 6.20 Å². The lowest BCUT2D eigenvalue weighted by molar-refractivity contribution is 0.615. The van der Waals surface area contributed by atoms with Crippen LogP contribution in [0.5, 0.6) is 0 Å². The number of pyridine rings is 1. The number of nitrogens with one attached hydrogen (secondary N) is 1. The Hall–Kier alpha value is -1.16. The summed E-state index contributed by atoms with van der Waals surface area (Å²) in [5.74, 6) is 0.590. The normalized spacial score (nSPS) is 10.4. The zero-order valence-corrected chi connectivity index (χ0v) is 9.55. The summed E-state index contributed by atoms with van der Waals surface area (Å²) in [7, 11) is 1.84. The van der Waals surface area contributed by atoms with Gasteiger partial charge in [-0.3, -0.25) is 0 Å². The Morgan fingerprint density at radius 2 is 2.07 bits per heavy atom. The van der Waals surface area contributed by atoms with Crippen LogP contribution in [-0.4, -0.2) is 25.1 Å². The minimum atomic E-state index is -0.281. The van der Waals surface area contributed by atoms with Gasteiger partial charge in [0.15, 0.2) is 0 Å². The van der Waals surface area contributed by atoms with Gasteiger partial charge in [-0.25, -0.2) is 9.37 Å². The van der Waals surface area contributed by atoms with Gasteiger partial charge in [0.1, 0.15) is 11.6 Å². The molecule has 0 aromatic carbocycles. The number of halogens is 1. The van der Waals surface area contributed by atoms with E-state index >= 15 is 0 Å². The van der Waals surface area contributed by atoms with Crippen LogP contribution in [0.2, 0.25) is 0 Å². The summed E-state index contributed by atoms with van der Waals surface area (Å²) in [6.45, 7) is 6.53. The first-order chi connectivity index (χ1) is 7.22. The molecular weight excluding hydrogens is 193 g/mol. The van der Waals surface area contributed by atoms with E-state index in [2.05, 4.69) is 29.0 Å². The van der Waals surface area contributed by atoms with Gasteiger partial charge in [-0.05, 0) is 27.0 Å². The standard InChI is InChI=1S/C11H18FN3/c1-4-15(5-2)11-9(7-13-3)6-10(12)8-14-11/h6,8,13H,4-5,7H2,1-3H3. The first-order valence-electron chi connectivity index (χ1n) is 5.26. The maximum Gasteiger partial charge on any atom is 0.141 e. The summed E-state index contributed by atoms with van der Waals surface area (Å²) < 4.78 is 13.0. The van der Waals surface area contributed by atoms with Gasteiger partial charge < -0.3 is 10.2 Å². The smallest absolute Gasteiger partial charge is 0.141 e. The Balaban J connectivity index is 3.03. The van der Waals surface area contributed by atoms with Crippen LogP contribution in [-0.2, 0) is 6.54 Å². The van der Waals surface area contributed by atoms with Crippen LogP contribution in [0.15, 0.2) is 12.3 Å². The molecule has 3 nitrogen and oxygen atoms in total. The summed E-state index contributed by atoms with van der Waals surface area (Å²) in [6.07, 6.45) is 1.27. The van der Waals surface area contributed by atoms with Crippen LogP contribution in [0.3, 0.4) is 0 Å². The van der Waals surface area contributed by atoms with Gasteiger partial charge in [0.25, 0.3) is 0 Å². The van der Waals surface area contributed by atoms with Gasteiger partial charge in [-0.2, -0.15) is 0 Å². The van der Waals surface area contributed by atoms with Crippen molar-refractivity contribution < 1.29 is 4.39 Å². The third kappa shape index (κ3) is 2.89. The molecule has 0 radical (unpaired) electrons. The molecule has 0 atom stereocenters. The molecule has 15 heavy (non-hydrogen) atoms. The average molecular weight is 211 g/mol. The molecule has 1 heterocycles. The monoisotopic (exact) mass is 211 g/mol. The highest BCUT2D eigenvalue weighted by Crippen LogP contribution is 2.17. The van der Waals surface area contributed by atoms with E-state index in [1.54, 1.807) is 0 Å². The van der Waals surface area contributed by atoms with E-state index in [9.17, 15) is 4.39 Å². The summed E-state index contributed by atoms with van der Waals surface area (Å²) in [4.78, 5) is 6.27. The van der Waals surface area contributed by atoms with Crippen molar-refractivity contribution in [3.63, 3.8) is 0 Å². The average Bonchev–Trinajstić information content (AvgIpc) is 2.23. The molecule has 0 aliphatic heterocycles. The second kappa shape index (κ2) is 5.66. The molecule has 0 amide bonds. The van der Waals surface area contributed by atoms with E-state index in [0.29, 0.717) is 6.54 Å². The molecule has 0 bridgehead atoms. The molecule has 0 fully saturated rings. The largest absolute Gasteiger partial charge is 0.357 e. The van der Waals surface area contributed by atoms with Crippen LogP contribution >= 0.6 is 0 Å². The van der Waals surface area contributed by atoms with Crippen molar-refractivity contribution in [2.75, 3.05) is 25.0 Å². The highest BCUT2D eigenvalue weighted by atomic mass is 19.1. The van der Waals surface area contributed by atoms with E-state index in [4.69, 9.17) is 0 Å². The van der Waals surface area contributed by atoms with Gasteiger partial charge >= 0.3 is 0 Å². The van der Waals surface area contributed by atoms with Crippen molar-refractivity contribution in [3.05, 3.63) is 23.6 Å². The third-order valence-electron chi connectivity index (χ3n) is 2.34. The van der Waals surface area contributed by atoms with E-state index < -0.39 is 0 Å². The van der Waals surface area contributed by atoms with E-state index in [0.717, 1.165) is 24.5 Å². The first kappa shape index (κ1) is 11.9. The molecule has 1 N–H and O–H groups in total. The molecule has 84 valence electrons.